The van der Waals surface area contributed by atoms with Gasteiger partial charge in [0.15, 0.2) is 0 Å². The Bertz CT molecular complexity index is 426. The van der Waals surface area contributed by atoms with Crippen molar-refractivity contribution in [1.82, 2.24) is 0 Å². The standard InChI is InChI=1S/C14H14Se/c1-11-8-12(2)10-14(9-11)15-13-6-4-3-5-7-13/h3-10H,1-2H3. The van der Waals surface area contributed by atoms with Crippen molar-refractivity contribution < 1.29 is 0 Å². The van der Waals surface area contributed by atoms with Crippen LogP contribution < -0.4 is 8.92 Å². The zero-order valence-electron chi connectivity index (χ0n) is 9.03. The molecule has 0 heterocycles. The number of benzene rings is 2. The van der Waals surface area contributed by atoms with Gasteiger partial charge in [-0.15, -0.1) is 0 Å². The Kier molecular flexibility index (Phi) is 3.25. The number of hydrogen-bond donors (Lipinski definition) is 0. The van der Waals surface area contributed by atoms with E-state index in [-0.39, 0.29) is 0 Å². The molecule has 1 heteroatoms. The van der Waals surface area contributed by atoms with Gasteiger partial charge < -0.3 is 0 Å². The van der Waals surface area contributed by atoms with Crippen LogP contribution in [0.4, 0.5) is 0 Å². The van der Waals surface area contributed by atoms with Gasteiger partial charge in [-0.05, 0) is 0 Å². The van der Waals surface area contributed by atoms with Crippen LogP contribution in [0.5, 0.6) is 0 Å². The van der Waals surface area contributed by atoms with Crippen LogP contribution in [0.15, 0.2) is 48.5 Å². The van der Waals surface area contributed by atoms with E-state index in [1.54, 1.807) is 0 Å². The van der Waals surface area contributed by atoms with Crippen LogP contribution in [0.1, 0.15) is 11.1 Å². The molecule has 0 saturated heterocycles. The van der Waals surface area contributed by atoms with Gasteiger partial charge in [0.05, 0.1) is 0 Å². The van der Waals surface area contributed by atoms with Gasteiger partial charge in [-0.25, -0.2) is 0 Å². The van der Waals surface area contributed by atoms with Crippen molar-refractivity contribution in [1.29, 1.82) is 0 Å². The van der Waals surface area contributed by atoms with Crippen LogP contribution in [0.25, 0.3) is 0 Å². The molecule has 0 radical (unpaired) electrons. The van der Waals surface area contributed by atoms with E-state index in [2.05, 4.69) is 62.4 Å². The first-order valence-corrected chi connectivity index (χ1v) is 6.76. The Labute approximate surface area is 97.5 Å². The SMILES string of the molecule is Cc1cc(C)cc([Se]c2ccccc2)c1. The fourth-order valence-electron chi connectivity index (χ4n) is 1.62. The average Bonchev–Trinajstić information content (AvgIpc) is 2.17. The zero-order valence-corrected chi connectivity index (χ0v) is 10.7. The van der Waals surface area contributed by atoms with E-state index in [0.717, 1.165) is 0 Å². The van der Waals surface area contributed by atoms with Crippen LogP contribution in [-0.2, 0) is 0 Å². The summed E-state index contributed by atoms with van der Waals surface area (Å²) in [5.74, 6) is 0. The Balaban J connectivity index is 2.25. The van der Waals surface area contributed by atoms with Gasteiger partial charge in [-0.2, -0.15) is 0 Å². The predicted octanol–water partition coefficient (Wildman–Crippen LogP) is 1.96. The van der Waals surface area contributed by atoms with Crippen LogP contribution in [0.2, 0.25) is 0 Å². The summed E-state index contributed by atoms with van der Waals surface area (Å²) in [6.45, 7) is 4.33. The van der Waals surface area contributed by atoms with Crippen molar-refractivity contribution in [2.75, 3.05) is 0 Å². The molecule has 0 aliphatic carbocycles. The van der Waals surface area contributed by atoms with Crippen LogP contribution >= 0.6 is 0 Å². The third-order valence-electron chi connectivity index (χ3n) is 2.17. The second-order valence-electron chi connectivity index (χ2n) is 3.74. The van der Waals surface area contributed by atoms with Crippen LogP contribution in [0, 0.1) is 13.8 Å². The van der Waals surface area contributed by atoms with E-state index in [0.29, 0.717) is 15.0 Å². The molecule has 0 unspecified atom stereocenters. The van der Waals surface area contributed by atoms with E-state index in [1.165, 1.54) is 20.1 Å². The topological polar surface area (TPSA) is 0 Å². The normalized spacial score (nSPS) is 10.3. The number of aryl methyl sites for hydroxylation is 2. The summed E-state index contributed by atoms with van der Waals surface area (Å²) >= 11 is 0.442. The first kappa shape index (κ1) is 10.5. The molecular weight excluding hydrogens is 247 g/mol. The van der Waals surface area contributed by atoms with E-state index in [4.69, 9.17) is 0 Å². The third kappa shape index (κ3) is 2.95. The second-order valence-corrected chi connectivity index (χ2v) is 6.14. The molecular formula is C14H14Se. The molecule has 15 heavy (non-hydrogen) atoms. The molecule has 0 aliphatic rings. The summed E-state index contributed by atoms with van der Waals surface area (Å²) in [7, 11) is 0. The average molecular weight is 261 g/mol. The minimum atomic E-state index is 0.442. The Hall–Kier alpha value is -1.04. The summed E-state index contributed by atoms with van der Waals surface area (Å²) in [5, 5.41) is 0. The fourth-order valence-corrected chi connectivity index (χ4v) is 3.83. The molecule has 0 aliphatic heterocycles. The summed E-state index contributed by atoms with van der Waals surface area (Å²) in [5.41, 5.74) is 2.73. The van der Waals surface area contributed by atoms with Gasteiger partial charge in [0.25, 0.3) is 0 Å². The molecule has 2 aromatic carbocycles. The summed E-state index contributed by atoms with van der Waals surface area (Å²) in [4.78, 5) is 0. The molecule has 0 amide bonds. The quantitative estimate of drug-likeness (QED) is 0.725. The second kappa shape index (κ2) is 4.65. The molecule has 0 saturated carbocycles. The van der Waals surface area contributed by atoms with Crippen molar-refractivity contribution in [3.63, 3.8) is 0 Å². The first-order chi connectivity index (χ1) is 7.24. The fraction of sp³-hybridized carbons (Fsp3) is 0.143. The van der Waals surface area contributed by atoms with Crippen LogP contribution in [-0.4, -0.2) is 15.0 Å². The van der Waals surface area contributed by atoms with Crippen molar-refractivity contribution >= 4 is 23.9 Å². The summed E-state index contributed by atoms with van der Waals surface area (Å²) in [6.07, 6.45) is 0. The van der Waals surface area contributed by atoms with Gasteiger partial charge in [-0.3, -0.25) is 0 Å². The third-order valence-corrected chi connectivity index (χ3v) is 4.23. The van der Waals surface area contributed by atoms with Crippen LogP contribution in [0.3, 0.4) is 0 Å². The predicted molar refractivity (Wildman–Crippen MR) is 67.4 cm³/mol. The molecule has 0 bridgehead atoms. The van der Waals surface area contributed by atoms with Gasteiger partial charge in [0, 0.05) is 0 Å². The van der Waals surface area contributed by atoms with E-state index in [9.17, 15) is 0 Å². The Morgan fingerprint density at radius 2 is 1.33 bits per heavy atom. The van der Waals surface area contributed by atoms with Gasteiger partial charge in [-0.1, -0.05) is 0 Å². The van der Waals surface area contributed by atoms with Crippen molar-refractivity contribution in [2.45, 2.75) is 13.8 Å². The van der Waals surface area contributed by atoms with Crippen molar-refractivity contribution in [2.24, 2.45) is 0 Å². The first-order valence-electron chi connectivity index (χ1n) is 5.05. The molecule has 76 valence electrons. The maximum absolute atomic E-state index is 2.29. The summed E-state index contributed by atoms with van der Waals surface area (Å²) in [6, 6.07) is 17.5. The molecule has 0 N–H and O–H groups in total. The Morgan fingerprint density at radius 3 is 1.93 bits per heavy atom. The molecule has 0 atom stereocenters. The van der Waals surface area contributed by atoms with Crippen molar-refractivity contribution in [3.05, 3.63) is 59.7 Å². The van der Waals surface area contributed by atoms with Gasteiger partial charge >= 0.3 is 97.4 Å². The van der Waals surface area contributed by atoms with E-state index >= 15 is 0 Å². The number of hydrogen-bond acceptors (Lipinski definition) is 0. The Morgan fingerprint density at radius 1 is 0.733 bits per heavy atom. The minimum absolute atomic E-state index is 0.442. The van der Waals surface area contributed by atoms with E-state index < -0.39 is 0 Å². The maximum atomic E-state index is 2.29. The molecule has 0 spiro atoms. The molecule has 0 nitrogen and oxygen atoms in total. The number of rotatable bonds is 2. The molecule has 2 rings (SSSR count). The van der Waals surface area contributed by atoms with Gasteiger partial charge in [0.2, 0.25) is 0 Å². The van der Waals surface area contributed by atoms with Crippen molar-refractivity contribution in [3.8, 4) is 0 Å². The monoisotopic (exact) mass is 262 g/mol. The molecule has 2 aromatic rings. The summed E-state index contributed by atoms with van der Waals surface area (Å²) < 4.78 is 2.90. The molecule has 0 aromatic heterocycles. The van der Waals surface area contributed by atoms with Gasteiger partial charge in [0.1, 0.15) is 0 Å². The zero-order chi connectivity index (χ0) is 10.7. The van der Waals surface area contributed by atoms with E-state index in [1.807, 2.05) is 0 Å². The molecule has 0 fully saturated rings.